The van der Waals surface area contributed by atoms with Crippen LogP contribution in [0.2, 0.25) is 0 Å². The maximum absolute atomic E-state index is 13.0. The second-order valence-electron chi connectivity index (χ2n) is 7.01. The average Bonchev–Trinajstić information content (AvgIpc) is 3.33. The number of rotatable bonds is 1. The van der Waals surface area contributed by atoms with E-state index >= 15 is 0 Å². The van der Waals surface area contributed by atoms with Gasteiger partial charge < -0.3 is 9.64 Å². The first kappa shape index (κ1) is 15.8. The second-order valence-corrected chi connectivity index (χ2v) is 8.09. The summed E-state index contributed by atoms with van der Waals surface area (Å²) in [5.41, 5.74) is -0.622. The lowest BCUT2D eigenvalue weighted by atomic mass is 10.0. The van der Waals surface area contributed by atoms with Gasteiger partial charge in [0.1, 0.15) is 12.2 Å². The van der Waals surface area contributed by atoms with E-state index in [-0.39, 0.29) is 11.6 Å². The molecule has 0 bridgehead atoms. The number of hydrogen-bond donors (Lipinski definition) is 0. The molecule has 0 aliphatic carbocycles. The van der Waals surface area contributed by atoms with E-state index in [9.17, 15) is 9.59 Å². The Morgan fingerprint density at radius 2 is 2.15 bits per heavy atom. The third-order valence-electron chi connectivity index (χ3n) is 5.28. The lowest BCUT2D eigenvalue weighted by Gasteiger charge is -2.33. The Labute approximate surface area is 153 Å². The van der Waals surface area contributed by atoms with Crippen molar-refractivity contribution in [3.8, 4) is 0 Å². The summed E-state index contributed by atoms with van der Waals surface area (Å²) < 4.78 is 10.2. The summed E-state index contributed by atoms with van der Waals surface area (Å²) >= 11 is 1.52. The quantitative estimate of drug-likeness (QED) is 0.653. The Bertz CT molecular complexity index is 1050. The van der Waals surface area contributed by atoms with Gasteiger partial charge in [-0.15, -0.1) is 11.3 Å². The van der Waals surface area contributed by atoms with E-state index in [1.165, 1.54) is 16.0 Å². The molecule has 7 nitrogen and oxygen atoms in total. The maximum atomic E-state index is 13.0. The number of amides is 1. The fraction of sp³-hybridized carbons (Fsp3) is 0.389. The molecule has 3 aromatic rings. The largest absolute Gasteiger partial charge is 0.363 e. The second kappa shape index (κ2) is 5.52. The summed E-state index contributed by atoms with van der Waals surface area (Å²) in [7, 11) is 1.65. The molecule has 134 valence electrons. The molecule has 1 spiro atoms. The van der Waals surface area contributed by atoms with Crippen LogP contribution in [0, 0.1) is 0 Å². The minimum absolute atomic E-state index is 0.0380. The van der Waals surface area contributed by atoms with E-state index in [0.717, 1.165) is 21.4 Å². The Balaban J connectivity index is 1.39. The highest BCUT2D eigenvalue weighted by Crippen LogP contribution is 2.33. The summed E-state index contributed by atoms with van der Waals surface area (Å²) in [5.74, 6) is 0.688. The van der Waals surface area contributed by atoms with Crippen molar-refractivity contribution in [1.82, 2.24) is 19.2 Å². The van der Waals surface area contributed by atoms with Gasteiger partial charge in [0, 0.05) is 18.3 Å². The zero-order chi connectivity index (χ0) is 17.9. The number of aromatic nitrogens is 3. The number of carbonyl (C=O) groups is 1. The number of benzene rings is 1. The molecule has 4 heterocycles. The molecular formula is C18H18N4O3S. The van der Waals surface area contributed by atoms with Gasteiger partial charge in [0.25, 0.3) is 5.91 Å². The first-order valence-electron chi connectivity index (χ1n) is 8.59. The molecule has 2 aliphatic heterocycles. The summed E-state index contributed by atoms with van der Waals surface area (Å²) in [6, 6.07) is 9.97. The van der Waals surface area contributed by atoms with Crippen molar-refractivity contribution in [2.75, 3.05) is 13.1 Å². The van der Waals surface area contributed by atoms with Gasteiger partial charge in [0.15, 0.2) is 5.82 Å². The predicted octanol–water partition coefficient (Wildman–Crippen LogP) is 1.61. The van der Waals surface area contributed by atoms with E-state index in [0.29, 0.717) is 32.1 Å². The molecule has 0 saturated carbocycles. The van der Waals surface area contributed by atoms with Crippen LogP contribution in [0.5, 0.6) is 0 Å². The molecule has 1 unspecified atom stereocenters. The van der Waals surface area contributed by atoms with Crippen LogP contribution in [-0.2, 0) is 24.9 Å². The molecule has 26 heavy (non-hydrogen) atoms. The minimum atomic E-state index is -0.494. The molecule has 2 aliphatic rings. The number of thiophene rings is 1. The van der Waals surface area contributed by atoms with E-state index in [2.05, 4.69) is 5.10 Å². The molecule has 5 rings (SSSR count). The van der Waals surface area contributed by atoms with Gasteiger partial charge in [-0.2, -0.15) is 5.10 Å². The predicted molar refractivity (Wildman–Crippen MR) is 97.3 cm³/mol. The fourth-order valence-electron chi connectivity index (χ4n) is 3.88. The first-order valence-corrected chi connectivity index (χ1v) is 9.41. The zero-order valence-corrected chi connectivity index (χ0v) is 15.2. The lowest BCUT2D eigenvalue weighted by molar-refractivity contribution is -0.0816. The van der Waals surface area contributed by atoms with Crippen LogP contribution in [-0.4, -0.2) is 43.8 Å². The minimum Gasteiger partial charge on any atom is -0.363 e. The molecule has 2 aromatic heterocycles. The topological polar surface area (TPSA) is 69.4 Å². The van der Waals surface area contributed by atoms with Crippen molar-refractivity contribution >= 4 is 27.3 Å². The van der Waals surface area contributed by atoms with E-state index < -0.39 is 5.60 Å². The normalized spacial score (nSPS) is 22.3. The molecule has 1 atom stereocenters. The van der Waals surface area contributed by atoms with E-state index in [1.807, 2.05) is 35.2 Å². The maximum Gasteiger partial charge on any atom is 0.345 e. The van der Waals surface area contributed by atoms with Crippen LogP contribution >= 0.6 is 11.3 Å². The smallest absolute Gasteiger partial charge is 0.345 e. The third kappa shape index (κ3) is 2.33. The van der Waals surface area contributed by atoms with Crippen molar-refractivity contribution < 1.29 is 9.53 Å². The standard InChI is InChI=1S/C18H18N4O3S/c1-20-17(24)22-11-18(25-9-15(22)19-20)6-7-21(10-18)16(23)14-8-12-4-2-3-5-13(12)26-14/h2-5,8H,6-7,9-11H2,1H3. The highest BCUT2D eigenvalue weighted by atomic mass is 32.1. The average molecular weight is 370 g/mol. The molecule has 1 aromatic carbocycles. The molecule has 0 N–H and O–H groups in total. The first-order chi connectivity index (χ1) is 12.5. The number of aryl methyl sites for hydroxylation is 1. The van der Waals surface area contributed by atoms with Crippen LogP contribution in [0.4, 0.5) is 0 Å². The van der Waals surface area contributed by atoms with Gasteiger partial charge in [0.2, 0.25) is 0 Å². The molecule has 1 amide bonds. The number of hydrogen-bond acceptors (Lipinski definition) is 5. The lowest BCUT2D eigenvalue weighted by Crippen LogP contribution is -2.47. The molecule has 1 fully saturated rings. The van der Waals surface area contributed by atoms with Crippen molar-refractivity contribution in [3.05, 3.63) is 51.5 Å². The number of likely N-dealkylation sites (tertiary alicyclic amines) is 1. The van der Waals surface area contributed by atoms with Gasteiger partial charge >= 0.3 is 5.69 Å². The van der Waals surface area contributed by atoms with Gasteiger partial charge in [0.05, 0.1) is 18.0 Å². The summed E-state index contributed by atoms with van der Waals surface area (Å²) in [6.45, 7) is 1.89. The summed E-state index contributed by atoms with van der Waals surface area (Å²) in [4.78, 5) is 27.8. The van der Waals surface area contributed by atoms with Crippen molar-refractivity contribution in [3.63, 3.8) is 0 Å². The van der Waals surface area contributed by atoms with Gasteiger partial charge in [-0.3, -0.25) is 9.36 Å². The van der Waals surface area contributed by atoms with Crippen LogP contribution < -0.4 is 5.69 Å². The van der Waals surface area contributed by atoms with E-state index in [4.69, 9.17) is 4.74 Å². The number of ether oxygens (including phenoxy) is 1. The highest BCUT2D eigenvalue weighted by Gasteiger charge is 2.45. The third-order valence-corrected chi connectivity index (χ3v) is 6.38. The zero-order valence-electron chi connectivity index (χ0n) is 14.3. The Morgan fingerprint density at radius 1 is 1.31 bits per heavy atom. The molecule has 1 saturated heterocycles. The summed E-state index contributed by atoms with van der Waals surface area (Å²) in [6.07, 6.45) is 0.727. The number of carbonyl (C=O) groups excluding carboxylic acids is 1. The van der Waals surface area contributed by atoms with Crippen molar-refractivity contribution in [2.45, 2.75) is 25.2 Å². The van der Waals surface area contributed by atoms with Crippen molar-refractivity contribution in [2.24, 2.45) is 7.05 Å². The van der Waals surface area contributed by atoms with Crippen LogP contribution in [0.3, 0.4) is 0 Å². The van der Waals surface area contributed by atoms with Crippen LogP contribution in [0.15, 0.2) is 35.1 Å². The Hall–Kier alpha value is -2.45. The monoisotopic (exact) mass is 370 g/mol. The Morgan fingerprint density at radius 3 is 3.00 bits per heavy atom. The van der Waals surface area contributed by atoms with E-state index in [1.54, 1.807) is 11.6 Å². The van der Waals surface area contributed by atoms with Gasteiger partial charge in [-0.1, -0.05) is 18.2 Å². The molecular weight excluding hydrogens is 352 g/mol. The molecule has 8 heteroatoms. The molecule has 0 radical (unpaired) electrons. The van der Waals surface area contributed by atoms with Gasteiger partial charge in [-0.05, 0) is 23.9 Å². The van der Waals surface area contributed by atoms with Crippen molar-refractivity contribution in [1.29, 1.82) is 0 Å². The van der Waals surface area contributed by atoms with Gasteiger partial charge in [-0.25, -0.2) is 9.48 Å². The highest BCUT2D eigenvalue weighted by molar-refractivity contribution is 7.20. The van der Waals surface area contributed by atoms with Crippen LogP contribution in [0.1, 0.15) is 21.9 Å². The number of fused-ring (bicyclic) bond motifs is 2. The number of nitrogens with zero attached hydrogens (tertiary/aromatic N) is 4. The summed E-state index contributed by atoms with van der Waals surface area (Å²) in [5, 5.41) is 5.29. The fourth-order valence-corrected chi connectivity index (χ4v) is 4.91. The Kier molecular flexibility index (Phi) is 3.35. The van der Waals surface area contributed by atoms with Crippen LogP contribution in [0.25, 0.3) is 10.1 Å². The SMILES string of the molecule is Cn1nc2n(c1=O)CC1(CCN(C(=O)c3cc4ccccc4s3)C1)OC2.